The lowest BCUT2D eigenvalue weighted by Gasteiger charge is -2.12. The number of benzene rings is 2. The first-order chi connectivity index (χ1) is 14.9. The first-order valence-corrected chi connectivity index (χ1v) is 10.5. The second-order valence-electron chi connectivity index (χ2n) is 6.76. The molecule has 2 aromatic carbocycles. The van der Waals surface area contributed by atoms with Gasteiger partial charge in [0.25, 0.3) is 11.1 Å². The Hall–Kier alpha value is -3.26. The van der Waals surface area contributed by atoms with Crippen LogP contribution in [0.3, 0.4) is 0 Å². The highest BCUT2D eigenvalue weighted by atomic mass is 32.2. The number of hydrogen-bond donors (Lipinski definition) is 0. The van der Waals surface area contributed by atoms with Gasteiger partial charge in [0.2, 0.25) is 0 Å². The van der Waals surface area contributed by atoms with E-state index in [1.807, 2.05) is 31.2 Å². The maximum Gasteiger partial charge on any atom is 0.326 e. The highest BCUT2D eigenvalue weighted by Gasteiger charge is 2.36. The largest absolute Gasteiger partial charge is 0.493 e. The number of imide groups is 1. The number of rotatable bonds is 8. The Labute approximate surface area is 185 Å². The lowest BCUT2D eigenvalue weighted by Crippen LogP contribution is -2.34. The van der Waals surface area contributed by atoms with Gasteiger partial charge in [0.05, 0.1) is 18.6 Å². The molecule has 31 heavy (non-hydrogen) atoms. The summed E-state index contributed by atoms with van der Waals surface area (Å²) in [6, 6.07) is 13.3. The fourth-order valence-electron chi connectivity index (χ4n) is 2.86. The molecule has 0 aromatic heterocycles. The fraction of sp³-hybridized carbons (Fsp3) is 0.261. The van der Waals surface area contributed by atoms with Gasteiger partial charge in [-0.3, -0.25) is 19.3 Å². The first kappa shape index (κ1) is 22.4. The van der Waals surface area contributed by atoms with Gasteiger partial charge < -0.3 is 14.2 Å². The highest BCUT2D eigenvalue weighted by Crippen LogP contribution is 2.34. The number of carbonyl (C=O) groups is 3. The molecule has 0 radical (unpaired) electrons. The van der Waals surface area contributed by atoms with Crippen LogP contribution in [0.25, 0.3) is 6.08 Å². The lowest BCUT2D eigenvalue weighted by atomic mass is 10.1. The monoisotopic (exact) mass is 441 g/mol. The Morgan fingerprint density at radius 1 is 1.10 bits per heavy atom. The number of ether oxygens (including phenoxy) is 3. The number of hydrogen-bond acceptors (Lipinski definition) is 7. The van der Waals surface area contributed by atoms with Crippen LogP contribution >= 0.6 is 11.8 Å². The SMILES string of the molecule is CCOC(=O)CN1C(=O)S/C(=C\c2ccc(OCc3ccc(C)cc3)c(OC)c2)C1=O. The van der Waals surface area contributed by atoms with Crippen LogP contribution in [-0.2, 0) is 20.9 Å². The number of methoxy groups -OCH3 is 1. The van der Waals surface area contributed by atoms with Crippen molar-refractivity contribution in [1.29, 1.82) is 0 Å². The van der Waals surface area contributed by atoms with Crippen LogP contribution in [0.15, 0.2) is 47.4 Å². The summed E-state index contributed by atoms with van der Waals surface area (Å²) in [6.45, 7) is 3.86. The molecule has 2 aromatic rings. The molecule has 0 N–H and O–H groups in total. The Kier molecular flexibility index (Phi) is 7.36. The summed E-state index contributed by atoms with van der Waals surface area (Å²) in [7, 11) is 1.53. The van der Waals surface area contributed by atoms with E-state index >= 15 is 0 Å². The molecule has 1 heterocycles. The van der Waals surface area contributed by atoms with Crippen LogP contribution in [0.1, 0.15) is 23.6 Å². The molecule has 0 aliphatic carbocycles. The van der Waals surface area contributed by atoms with Crippen LogP contribution in [0.5, 0.6) is 11.5 Å². The summed E-state index contributed by atoms with van der Waals surface area (Å²) in [5, 5.41) is -0.505. The zero-order valence-corrected chi connectivity index (χ0v) is 18.4. The first-order valence-electron chi connectivity index (χ1n) is 9.68. The Morgan fingerprint density at radius 3 is 2.52 bits per heavy atom. The maximum atomic E-state index is 12.5. The van der Waals surface area contributed by atoms with E-state index < -0.39 is 23.7 Å². The minimum absolute atomic E-state index is 0.184. The van der Waals surface area contributed by atoms with Crippen molar-refractivity contribution in [3.8, 4) is 11.5 Å². The van der Waals surface area contributed by atoms with Crippen LogP contribution in [-0.4, -0.2) is 42.3 Å². The van der Waals surface area contributed by atoms with E-state index in [1.165, 1.54) is 12.7 Å². The van der Waals surface area contributed by atoms with Gasteiger partial charge in [-0.15, -0.1) is 0 Å². The van der Waals surface area contributed by atoms with E-state index in [4.69, 9.17) is 14.2 Å². The third-order valence-electron chi connectivity index (χ3n) is 4.47. The minimum atomic E-state index is -0.622. The van der Waals surface area contributed by atoms with Crippen molar-refractivity contribution >= 4 is 35.0 Å². The standard InChI is InChI=1S/C23H23NO6S/c1-4-29-21(25)13-24-22(26)20(31-23(24)27)12-17-9-10-18(19(11-17)28-3)30-14-16-7-5-15(2)6-8-16/h5-12H,4,13-14H2,1-3H3/b20-12-. The van der Waals surface area contributed by atoms with Crippen LogP contribution in [0, 0.1) is 6.92 Å². The second kappa shape index (κ2) is 10.2. The fourth-order valence-corrected chi connectivity index (χ4v) is 3.70. The van der Waals surface area contributed by atoms with Gasteiger partial charge in [-0.05, 0) is 54.9 Å². The van der Waals surface area contributed by atoms with Gasteiger partial charge >= 0.3 is 5.97 Å². The minimum Gasteiger partial charge on any atom is -0.493 e. The summed E-state index contributed by atoms with van der Waals surface area (Å²) in [6.07, 6.45) is 1.59. The van der Waals surface area contributed by atoms with Crippen molar-refractivity contribution in [2.75, 3.05) is 20.3 Å². The molecule has 1 saturated heterocycles. The topological polar surface area (TPSA) is 82.1 Å². The number of esters is 1. The van der Waals surface area contributed by atoms with E-state index in [1.54, 1.807) is 31.2 Å². The lowest BCUT2D eigenvalue weighted by molar-refractivity contribution is -0.145. The number of amides is 2. The Morgan fingerprint density at radius 2 is 1.84 bits per heavy atom. The average molecular weight is 442 g/mol. The summed E-state index contributed by atoms with van der Waals surface area (Å²) in [5.74, 6) is -0.0771. The summed E-state index contributed by atoms with van der Waals surface area (Å²) < 4.78 is 16.1. The van der Waals surface area contributed by atoms with Gasteiger partial charge in [0.1, 0.15) is 13.2 Å². The van der Waals surface area contributed by atoms with Crippen molar-refractivity contribution in [2.24, 2.45) is 0 Å². The van der Waals surface area contributed by atoms with E-state index in [0.29, 0.717) is 23.7 Å². The highest BCUT2D eigenvalue weighted by molar-refractivity contribution is 8.18. The molecule has 7 nitrogen and oxygen atoms in total. The van der Waals surface area contributed by atoms with Crippen LogP contribution in [0.4, 0.5) is 4.79 Å². The predicted octanol–water partition coefficient (Wildman–Crippen LogP) is 4.18. The summed E-state index contributed by atoms with van der Waals surface area (Å²) in [4.78, 5) is 37.4. The second-order valence-corrected chi connectivity index (χ2v) is 7.75. The van der Waals surface area contributed by atoms with Crippen molar-refractivity contribution in [2.45, 2.75) is 20.5 Å². The molecule has 2 amide bonds. The van der Waals surface area contributed by atoms with Crippen LogP contribution in [0.2, 0.25) is 0 Å². The molecule has 0 saturated carbocycles. The van der Waals surface area contributed by atoms with E-state index in [9.17, 15) is 14.4 Å². The number of carbonyl (C=O) groups excluding carboxylic acids is 3. The van der Waals surface area contributed by atoms with Gasteiger partial charge in [0.15, 0.2) is 11.5 Å². The predicted molar refractivity (Wildman–Crippen MR) is 118 cm³/mol. The Bertz CT molecular complexity index is 1020. The molecular formula is C23H23NO6S. The normalized spacial score (nSPS) is 14.8. The molecule has 8 heteroatoms. The van der Waals surface area contributed by atoms with Crippen molar-refractivity contribution in [3.63, 3.8) is 0 Å². The van der Waals surface area contributed by atoms with E-state index in [-0.39, 0.29) is 11.5 Å². The average Bonchev–Trinajstić information content (AvgIpc) is 3.01. The molecule has 3 rings (SSSR count). The summed E-state index contributed by atoms with van der Waals surface area (Å²) >= 11 is 0.782. The molecule has 1 fully saturated rings. The van der Waals surface area contributed by atoms with E-state index in [2.05, 4.69) is 0 Å². The van der Waals surface area contributed by atoms with E-state index in [0.717, 1.165) is 22.2 Å². The molecule has 162 valence electrons. The molecule has 0 spiro atoms. The van der Waals surface area contributed by atoms with Crippen molar-refractivity contribution in [3.05, 3.63) is 64.1 Å². The smallest absolute Gasteiger partial charge is 0.326 e. The number of nitrogens with zero attached hydrogens (tertiary/aromatic N) is 1. The number of thioether (sulfide) groups is 1. The third-order valence-corrected chi connectivity index (χ3v) is 5.37. The molecule has 1 aliphatic heterocycles. The van der Waals surface area contributed by atoms with Gasteiger partial charge in [-0.2, -0.15) is 0 Å². The molecular weight excluding hydrogens is 418 g/mol. The maximum absolute atomic E-state index is 12.5. The van der Waals surface area contributed by atoms with Crippen molar-refractivity contribution in [1.82, 2.24) is 4.90 Å². The molecule has 0 unspecified atom stereocenters. The molecule has 0 atom stereocenters. The third kappa shape index (κ3) is 5.67. The molecule has 1 aliphatic rings. The van der Waals surface area contributed by atoms with Gasteiger partial charge in [0, 0.05) is 0 Å². The van der Waals surface area contributed by atoms with Crippen LogP contribution < -0.4 is 9.47 Å². The quantitative estimate of drug-likeness (QED) is 0.449. The van der Waals surface area contributed by atoms with Crippen molar-refractivity contribution < 1.29 is 28.6 Å². The van der Waals surface area contributed by atoms with Gasteiger partial charge in [-0.25, -0.2) is 0 Å². The number of aryl methyl sites for hydroxylation is 1. The Balaban J connectivity index is 1.72. The van der Waals surface area contributed by atoms with Gasteiger partial charge in [-0.1, -0.05) is 35.9 Å². The zero-order chi connectivity index (χ0) is 22.4. The zero-order valence-electron chi connectivity index (χ0n) is 17.5. The molecule has 0 bridgehead atoms. The summed E-state index contributed by atoms with van der Waals surface area (Å²) in [5.41, 5.74) is 2.88.